The van der Waals surface area contributed by atoms with Crippen molar-refractivity contribution in [1.82, 2.24) is 10.1 Å². The molecule has 13 heavy (non-hydrogen) atoms. The van der Waals surface area contributed by atoms with Crippen molar-refractivity contribution in [1.29, 1.82) is 0 Å². The molecule has 1 N–H and O–H groups in total. The summed E-state index contributed by atoms with van der Waals surface area (Å²) >= 11 is 0. The number of hydrogen-bond acceptors (Lipinski definition) is 4. The fourth-order valence-corrected chi connectivity index (χ4v) is 1.75. The van der Waals surface area contributed by atoms with Crippen LogP contribution in [0.1, 0.15) is 38.4 Å². The van der Waals surface area contributed by atoms with Crippen molar-refractivity contribution in [2.45, 2.75) is 45.1 Å². The van der Waals surface area contributed by atoms with E-state index in [2.05, 4.69) is 22.4 Å². The summed E-state index contributed by atoms with van der Waals surface area (Å²) in [5, 5.41) is 7.07. The Balaban J connectivity index is 2.04. The van der Waals surface area contributed by atoms with Gasteiger partial charge in [-0.15, -0.1) is 0 Å². The number of aromatic nitrogens is 2. The quantitative estimate of drug-likeness (QED) is 0.776. The molecular weight excluding hydrogens is 166 g/mol. The summed E-state index contributed by atoms with van der Waals surface area (Å²) < 4.78 is 5.03. The van der Waals surface area contributed by atoms with Crippen LogP contribution in [0.25, 0.3) is 0 Å². The van der Waals surface area contributed by atoms with Crippen LogP contribution in [0.4, 0.5) is 6.01 Å². The standard InChI is InChI=1S/C9H15N3O/c1-3-9(5-4-6-9)11-8-10-7(2)12-13-8/h3-6H2,1-2H3,(H,10,11,12). The lowest BCUT2D eigenvalue weighted by Crippen LogP contribution is -2.44. The highest BCUT2D eigenvalue weighted by molar-refractivity contribution is 5.26. The van der Waals surface area contributed by atoms with Gasteiger partial charge in [-0.1, -0.05) is 12.1 Å². The van der Waals surface area contributed by atoms with Gasteiger partial charge in [0.1, 0.15) is 0 Å². The minimum absolute atomic E-state index is 0.235. The van der Waals surface area contributed by atoms with Crippen LogP contribution in [-0.2, 0) is 0 Å². The Bertz CT molecular complexity index is 285. The zero-order chi connectivity index (χ0) is 9.31. The number of rotatable bonds is 3. The monoisotopic (exact) mass is 181 g/mol. The molecule has 2 rings (SSSR count). The van der Waals surface area contributed by atoms with Gasteiger partial charge in [0.05, 0.1) is 0 Å². The van der Waals surface area contributed by atoms with Crippen molar-refractivity contribution in [2.75, 3.05) is 5.32 Å². The molecule has 4 heteroatoms. The van der Waals surface area contributed by atoms with Gasteiger partial charge >= 0.3 is 6.01 Å². The molecule has 0 spiro atoms. The number of hydrogen-bond donors (Lipinski definition) is 1. The van der Waals surface area contributed by atoms with Gasteiger partial charge in [0.25, 0.3) is 0 Å². The molecule has 0 aromatic carbocycles. The van der Waals surface area contributed by atoms with Gasteiger partial charge in [0, 0.05) is 5.54 Å². The highest BCUT2D eigenvalue weighted by atomic mass is 16.5. The second-order valence-electron chi connectivity index (χ2n) is 3.76. The topological polar surface area (TPSA) is 51.0 Å². The van der Waals surface area contributed by atoms with E-state index in [1.165, 1.54) is 19.3 Å². The molecule has 0 radical (unpaired) electrons. The Labute approximate surface area is 77.7 Å². The van der Waals surface area contributed by atoms with E-state index in [-0.39, 0.29) is 5.54 Å². The fourth-order valence-electron chi connectivity index (χ4n) is 1.75. The summed E-state index contributed by atoms with van der Waals surface area (Å²) in [6, 6.07) is 0.569. The molecule has 1 aliphatic rings. The Kier molecular flexibility index (Phi) is 1.98. The van der Waals surface area contributed by atoms with Crippen molar-refractivity contribution in [2.24, 2.45) is 0 Å². The first kappa shape index (κ1) is 8.53. The second kappa shape index (κ2) is 3.01. The third-order valence-corrected chi connectivity index (χ3v) is 2.89. The highest BCUT2D eigenvalue weighted by Gasteiger charge is 2.36. The lowest BCUT2D eigenvalue weighted by molar-refractivity contribution is 0.258. The Morgan fingerprint density at radius 3 is 2.69 bits per heavy atom. The van der Waals surface area contributed by atoms with Crippen LogP contribution in [0.5, 0.6) is 0 Å². The first-order chi connectivity index (χ1) is 6.24. The van der Waals surface area contributed by atoms with E-state index in [0.29, 0.717) is 11.8 Å². The van der Waals surface area contributed by atoms with E-state index in [9.17, 15) is 0 Å². The van der Waals surface area contributed by atoms with Crippen molar-refractivity contribution < 1.29 is 4.52 Å². The SMILES string of the molecule is CCC1(Nc2nc(C)no2)CCC1. The number of aryl methyl sites for hydroxylation is 1. The van der Waals surface area contributed by atoms with Gasteiger partial charge in [0.2, 0.25) is 0 Å². The fraction of sp³-hybridized carbons (Fsp3) is 0.778. The maximum absolute atomic E-state index is 5.03. The molecule has 0 unspecified atom stereocenters. The predicted octanol–water partition coefficient (Wildman–Crippen LogP) is 2.12. The van der Waals surface area contributed by atoms with Crippen LogP contribution in [0.3, 0.4) is 0 Å². The van der Waals surface area contributed by atoms with E-state index in [4.69, 9.17) is 4.52 Å². The molecule has 72 valence electrons. The third kappa shape index (κ3) is 1.53. The zero-order valence-electron chi connectivity index (χ0n) is 8.13. The number of anilines is 1. The smallest absolute Gasteiger partial charge is 0.321 e. The minimum Gasteiger partial charge on any atom is -0.332 e. The van der Waals surface area contributed by atoms with Crippen LogP contribution in [-0.4, -0.2) is 15.7 Å². The van der Waals surface area contributed by atoms with E-state index < -0.39 is 0 Å². The molecule has 1 saturated carbocycles. The maximum atomic E-state index is 5.03. The average Bonchev–Trinajstić information content (AvgIpc) is 2.44. The molecule has 1 aliphatic carbocycles. The number of nitrogens with one attached hydrogen (secondary N) is 1. The van der Waals surface area contributed by atoms with E-state index >= 15 is 0 Å². The zero-order valence-corrected chi connectivity index (χ0v) is 8.13. The maximum Gasteiger partial charge on any atom is 0.321 e. The summed E-state index contributed by atoms with van der Waals surface area (Å²) in [5.74, 6) is 0.688. The Morgan fingerprint density at radius 1 is 1.54 bits per heavy atom. The average molecular weight is 181 g/mol. The molecule has 0 bridgehead atoms. The van der Waals surface area contributed by atoms with Gasteiger partial charge < -0.3 is 9.84 Å². The van der Waals surface area contributed by atoms with Crippen molar-refractivity contribution in [3.63, 3.8) is 0 Å². The summed E-state index contributed by atoms with van der Waals surface area (Å²) in [6.07, 6.45) is 4.85. The summed E-state index contributed by atoms with van der Waals surface area (Å²) in [6.45, 7) is 4.02. The van der Waals surface area contributed by atoms with E-state index in [1.807, 2.05) is 6.92 Å². The predicted molar refractivity (Wildman–Crippen MR) is 49.5 cm³/mol. The summed E-state index contributed by atoms with van der Waals surface area (Å²) in [4.78, 5) is 4.14. The van der Waals surface area contributed by atoms with Crippen LogP contribution < -0.4 is 5.32 Å². The largest absolute Gasteiger partial charge is 0.332 e. The summed E-state index contributed by atoms with van der Waals surface area (Å²) in [7, 11) is 0. The Morgan fingerprint density at radius 2 is 2.31 bits per heavy atom. The molecular formula is C9H15N3O. The lowest BCUT2D eigenvalue weighted by Gasteiger charge is -2.41. The molecule has 1 aromatic rings. The van der Waals surface area contributed by atoms with Crippen molar-refractivity contribution in [3.05, 3.63) is 5.82 Å². The molecule has 1 heterocycles. The second-order valence-corrected chi connectivity index (χ2v) is 3.76. The molecule has 0 saturated heterocycles. The molecule has 1 fully saturated rings. The molecule has 4 nitrogen and oxygen atoms in total. The van der Waals surface area contributed by atoms with Gasteiger partial charge in [-0.2, -0.15) is 4.98 Å². The van der Waals surface area contributed by atoms with Crippen molar-refractivity contribution in [3.8, 4) is 0 Å². The normalized spacial score (nSPS) is 19.5. The third-order valence-electron chi connectivity index (χ3n) is 2.89. The summed E-state index contributed by atoms with van der Waals surface area (Å²) in [5.41, 5.74) is 0.235. The van der Waals surface area contributed by atoms with Gasteiger partial charge in [0.15, 0.2) is 5.82 Å². The van der Waals surface area contributed by atoms with E-state index in [0.717, 1.165) is 6.42 Å². The van der Waals surface area contributed by atoms with E-state index in [1.54, 1.807) is 0 Å². The lowest BCUT2D eigenvalue weighted by atomic mass is 9.75. The number of nitrogens with zero attached hydrogens (tertiary/aromatic N) is 2. The molecule has 0 atom stereocenters. The van der Waals surface area contributed by atoms with Crippen molar-refractivity contribution >= 4 is 6.01 Å². The van der Waals surface area contributed by atoms with Crippen LogP contribution in [0.2, 0.25) is 0 Å². The van der Waals surface area contributed by atoms with Gasteiger partial charge in [-0.3, -0.25) is 0 Å². The molecule has 1 aromatic heterocycles. The highest BCUT2D eigenvalue weighted by Crippen LogP contribution is 2.37. The molecule has 0 aliphatic heterocycles. The minimum atomic E-state index is 0.235. The van der Waals surface area contributed by atoms with Gasteiger partial charge in [-0.05, 0) is 32.6 Å². The van der Waals surface area contributed by atoms with Crippen LogP contribution >= 0.6 is 0 Å². The van der Waals surface area contributed by atoms with Gasteiger partial charge in [-0.25, -0.2) is 0 Å². The van der Waals surface area contributed by atoms with Crippen LogP contribution in [0, 0.1) is 6.92 Å². The van der Waals surface area contributed by atoms with Crippen LogP contribution in [0.15, 0.2) is 4.52 Å². The Hall–Kier alpha value is -1.06. The molecule has 0 amide bonds. The first-order valence-corrected chi connectivity index (χ1v) is 4.83. The first-order valence-electron chi connectivity index (χ1n) is 4.83.